The first-order valence-electron chi connectivity index (χ1n) is 6.99. The van der Waals surface area contributed by atoms with Gasteiger partial charge in [0.25, 0.3) is 0 Å². The third kappa shape index (κ3) is 2.72. The van der Waals surface area contributed by atoms with Crippen molar-refractivity contribution >= 4 is 33.7 Å². The first-order valence-corrected chi connectivity index (χ1v) is 7.40. The van der Waals surface area contributed by atoms with Crippen molar-refractivity contribution in [2.45, 2.75) is 6.10 Å². The van der Waals surface area contributed by atoms with E-state index in [-0.39, 0.29) is 12.7 Å². The lowest BCUT2D eigenvalue weighted by atomic mass is 10.0. The molecule has 1 saturated heterocycles. The number of nitrogens with two attached hydrogens (primary N) is 1. The van der Waals surface area contributed by atoms with E-state index in [1.54, 1.807) is 0 Å². The number of ether oxygens (including phenoxy) is 1. The first-order chi connectivity index (χ1) is 10.2. The highest BCUT2D eigenvalue weighted by Crippen LogP contribution is 2.30. The second kappa shape index (κ2) is 5.97. The molecule has 0 aliphatic carbocycles. The van der Waals surface area contributed by atoms with Crippen molar-refractivity contribution in [3.63, 3.8) is 0 Å². The minimum atomic E-state index is -0.132. The van der Waals surface area contributed by atoms with Gasteiger partial charge in [0, 0.05) is 29.7 Å². The maximum Gasteiger partial charge on any atom is 0.104 e. The number of aliphatic hydroxyl groups excluding tert-OH is 1. The van der Waals surface area contributed by atoms with Crippen molar-refractivity contribution in [3.05, 3.63) is 42.0 Å². The number of nitrogens with zero attached hydrogens (tertiary/aromatic N) is 1. The van der Waals surface area contributed by atoms with E-state index in [9.17, 15) is 5.11 Å². The molecule has 3 N–H and O–H groups in total. The molecular weight excluding hydrogens is 284 g/mol. The molecule has 1 atom stereocenters. The number of benzene rings is 2. The van der Waals surface area contributed by atoms with E-state index >= 15 is 0 Å². The summed E-state index contributed by atoms with van der Waals surface area (Å²) in [6.45, 7) is 2.16. The van der Waals surface area contributed by atoms with Gasteiger partial charge in [-0.15, -0.1) is 0 Å². The lowest BCUT2D eigenvalue weighted by molar-refractivity contribution is 0.00364. The summed E-state index contributed by atoms with van der Waals surface area (Å²) in [5.41, 5.74) is 7.85. The molecular formula is C16H18N2O2S. The van der Waals surface area contributed by atoms with Gasteiger partial charge >= 0.3 is 0 Å². The van der Waals surface area contributed by atoms with Gasteiger partial charge in [-0.25, -0.2) is 0 Å². The number of thiocarbonyl (C=S) groups is 1. The molecule has 1 unspecified atom stereocenters. The SMILES string of the molecule is NC(=S)c1ccc(N2CCOC(CO)C2)c2ccccc12. The first kappa shape index (κ1) is 14.3. The van der Waals surface area contributed by atoms with Crippen molar-refractivity contribution in [3.8, 4) is 0 Å². The van der Waals surface area contributed by atoms with Crippen molar-refractivity contribution in [2.24, 2.45) is 5.73 Å². The van der Waals surface area contributed by atoms with Gasteiger partial charge in [0.05, 0.1) is 19.3 Å². The smallest absolute Gasteiger partial charge is 0.104 e. The quantitative estimate of drug-likeness (QED) is 0.845. The monoisotopic (exact) mass is 302 g/mol. The fraction of sp³-hybridized carbons (Fsp3) is 0.312. The van der Waals surface area contributed by atoms with E-state index in [0.29, 0.717) is 18.1 Å². The fourth-order valence-corrected chi connectivity index (χ4v) is 3.00. The Balaban J connectivity index is 2.07. The van der Waals surface area contributed by atoms with Crippen LogP contribution in [0.4, 0.5) is 5.69 Å². The molecule has 0 saturated carbocycles. The molecule has 0 aromatic heterocycles. The average Bonchev–Trinajstić information content (AvgIpc) is 2.53. The zero-order valence-electron chi connectivity index (χ0n) is 11.7. The Morgan fingerprint density at radius 2 is 2.05 bits per heavy atom. The van der Waals surface area contributed by atoms with Gasteiger partial charge in [-0.2, -0.15) is 0 Å². The Morgan fingerprint density at radius 1 is 1.29 bits per heavy atom. The van der Waals surface area contributed by atoms with Gasteiger partial charge < -0.3 is 20.5 Å². The summed E-state index contributed by atoms with van der Waals surface area (Å²) < 4.78 is 5.52. The Labute approximate surface area is 129 Å². The number of rotatable bonds is 3. The van der Waals surface area contributed by atoms with Gasteiger partial charge in [0.1, 0.15) is 4.99 Å². The van der Waals surface area contributed by atoms with E-state index in [1.807, 2.05) is 24.3 Å². The lowest BCUT2D eigenvalue weighted by Gasteiger charge is -2.34. The van der Waals surface area contributed by atoms with Gasteiger partial charge in [-0.3, -0.25) is 0 Å². The fourth-order valence-electron chi connectivity index (χ4n) is 2.82. The van der Waals surface area contributed by atoms with Gasteiger partial charge in [-0.1, -0.05) is 36.5 Å². The summed E-state index contributed by atoms with van der Waals surface area (Å²) in [7, 11) is 0. The number of hydrogen-bond donors (Lipinski definition) is 2. The Kier molecular flexibility index (Phi) is 4.05. The van der Waals surface area contributed by atoms with Crippen LogP contribution in [0.15, 0.2) is 36.4 Å². The van der Waals surface area contributed by atoms with Crippen LogP contribution in [0.25, 0.3) is 10.8 Å². The minimum absolute atomic E-state index is 0.0411. The van der Waals surface area contributed by atoms with Crippen molar-refractivity contribution in [1.29, 1.82) is 0 Å². The van der Waals surface area contributed by atoms with Crippen molar-refractivity contribution in [1.82, 2.24) is 0 Å². The van der Waals surface area contributed by atoms with Crippen molar-refractivity contribution in [2.75, 3.05) is 31.2 Å². The van der Waals surface area contributed by atoms with Crippen LogP contribution >= 0.6 is 12.2 Å². The number of fused-ring (bicyclic) bond motifs is 1. The summed E-state index contributed by atoms with van der Waals surface area (Å²) in [6, 6.07) is 12.1. The van der Waals surface area contributed by atoms with E-state index in [4.69, 9.17) is 22.7 Å². The number of aliphatic hydroxyl groups is 1. The highest BCUT2D eigenvalue weighted by Gasteiger charge is 2.21. The number of morpholine rings is 1. The topological polar surface area (TPSA) is 58.7 Å². The molecule has 21 heavy (non-hydrogen) atoms. The van der Waals surface area contributed by atoms with Crippen LogP contribution in [0.2, 0.25) is 0 Å². The van der Waals surface area contributed by atoms with Gasteiger partial charge in [-0.05, 0) is 17.5 Å². The zero-order valence-corrected chi connectivity index (χ0v) is 12.5. The largest absolute Gasteiger partial charge is 0.394 e. The zero-order chi connectivity index (χ0) is 14.8. The molecule has 0 spiro atoms. The summed E-state index contributed by atoms with van der Waals surface area (Å²) in [5.74, 6) is 0. The maximum atomic E-state index is 9.30. The molecule has 0 amide bonds. The predicted octanol–water partition coefficient (Wildman–Crippen LogP) is 1.67. The second-order valence-electron chi connectivity index (χ2n) is 5.16. The summed E-state index contributed by atoms with van der Waals surface area (Å²) in [5, 5.41) is 11.5. The molecule has 0 bridgehead atoms. The van der Waals surface area contributed by atoms with Crippen LogP contribution in [0.5, 0.6) is 0 Å². The lowest BCUT2D eigenvalue weighted by Crippen LogP contribution is -2.44. The Bertz CT molecular complexity index is 674. The van der Waals surface area contributed by atoms with E-state index < -0.39 is 0 Å². The normalized spacial score (nSPS) is 18.9. The molecule has 5 heteroatoms. The molecule has 3 rings (SSSR count). The van der Waals surface area contributed by atoms with Gasteiger partial charge in [0.15, 0.2) is 0 Å². The summed E-state index contributed by atoms with van der Waals surface area (Å²) in [4.78, 5) is 2.66. The molecule has 1 heterocycles. The van der Waals surface area contributed by atoms with Crippen LogP contribution in [0.1, 0.15) is 5.56 Å². The highest BCUT2D eigenvalue weighted by atomic mass is 32.1. The third-order valence-electron chi connectivity index (χ3n) is 3.85. The molecule has 4 nitrogen and oxygen atoms in total. The third-order valence-corrected chi connectivity index (χ3v) is 4.07. The van der Waals surface area contributed by atoms with E-state index in [2.05, 4.69) is 17.0 Å². The Hall–Kier alpha value is -1.69. The molecule has 1 fully saturated rings. The van der Waals surface area contributed by atoms with Crippen molar-refractivity contribution < 1.29 is 9.84 Å². The molecule has 2 aromatic carbocycles. The van der Waals surface area contributed by atoms with Crippen LogP contribution in [-0.4, -0.2) is 42.5 Å². The standard InChI is InChI=1S/C16H18N2O2S/c17-16(21)14-5-6-15(13-4-2-1-3-12(13)14)18-7-8-20-11(9-18)10-19/h1-6,11,19H,7-10H2,(H2,17,21). The molecule has 1 aliphatic rings. The van der Waals surface area contributed by atoms with Crippen LogP contribution in [0, 0.1) is 0 Å². The molecule has 2 aromatic rings. The number of anilines is 1. The summed E-state index contributed by atoms with van der Waals surface area (Å²) >= 11 is 5.14. The summed E-state index contributed by atoms with van der Waals surface area (Å²) in [6.07, 6.45) is -0.132. The molecule has 1 aliphatic heterocycles. The Morgan fingerprint density at radius 3 is 2.76 bits per heavy atom. The van der Waals surface area contributed by atoms with E-state index in [1.165, 1.54) is 0 Å². The second-order valence-corrected chi connectivity index (χ2v) is 5.60. The van der Waals surface area contributed by atoms with Gasteiger partial charge in [0.2, 0.25) is 0 Å². The van der Waals surface area contributed by atoms with Crippen LogP contribution in [0.3, 0.4) is 0 Å². The average molecular weight is 302 g/mol. The minimum Gasteiger partial charge on any atom is -0.394 e. The number of hydrogen-bond acceptors (Lipinski definition) is 4. The molecule has 110 valence electrons. The maximum absolute atomic E-state index is 9.30. The van der Waals surface area contributed by atoms with Crippen LogP contribution in [-0.2, 0) is 4.74 Å². The molecule has 0 radical (unpaired) electrons. The van der Waals surface area contributed by atoms with Crippen LogP contribution < -0.4 is 10.6 Å². The van der Waals surface area contributed by atoms with E-state index in [0.717, 1.165) is 28.6 Å². The predicted molar refractivity (Wildman–Crippen MR) is 88.9 cm³/mol. The highest BCUT2D eigenvalue weighted by molar-refractivity contribution is 7.80.